The van der Waals surface area contributed by atoms with Crippen molar-refractivity contribution in [1.29, 1.82) is 0 Å². The molecule has 2 amide bonds. The van der Waals surface area contributed by atoms with Crippen molar-refractivity contribution in [3.8, 4) is 0 Å². The fourth-order valence-corrected chi connectivity index (χ4v) is 2.03. The fraction of sp³-hybridized carbons (Fsp3) is 0.438. The van der Waals surface area contributed by atoms with Crippen LogP contribution >= 0.6 is 15.9 Å². The van der Waals surface area contributed by atoms with Crippen molar-refractivity contribution in [2.24, 2.45) is 5.92 Å². The first kappa shape index (κ1) is 18.4. The Kier molecular flexibility index (Phi) is 6.74. The van der Waals surface area contributed by atoms with Crippen molar-refractivity contribution in [2.75, 3.05) is 0 Å². The van der Waals surface area contributed by atoms with Crippen LogP contribution in [0.3, 0.4) is 0 Å². The maximum absolute atomic E-state index is 12.2. The number of halogens is 1. The zero-order valence-electron chi connectivity index (χ0n) is 13.1. The molecule has 0 aliphatic carbocycles. The standard InChI is InChI=1S/C16H21BrN2O3/c1-9(2)14(16(22)18-10(3)11(4)20)19-15(21)12-5-7-13(17)8-6-12/h5-10,14H,1-4H3,(H,18,22)(H,19,21)/t10-,14?/m0/s1. The monoisotopic (exact) mass is 368 g/mol. The molecule has 0 fully saturated rings. The third-order valence-corrected chi connectivity index (χ3v) is 3.84. The smallest absolute Gasteiger partial charge is 0.251 e. The minimum absolute atomic E-state index is 0.0986. The van der Waals surface area contributed by atoms with E-state index in [0.717, 1.165) is 4.47 Å². The van der Waals surface area contributed by atoms with Crippen LogP contribution in [-0.2, 0) is 9.59 Å². The highest BCUT2D eigenvalue weighted by Gasteiger charge is 2.26. The van der Waals surface area contributed by atoms with E-state index in [2.05, 4.69) is 26.6 Å². The highest BCUT2D eigenvalue weighted by molar-refractivity contribution is 9.10. The number of ketones is 1. The first-order valence-electron chi connectivity index (χ1n) is 7.09. The largest absolute Gasteiger partial charge is 0.345 e. The van der Waals surface area contributed by atoms with Gasteiger partial charge in [0.25, 0.3) is 5.91 Å². The number of carbonyl (C=O) groups excluding carboxylic acids is 3. The molecule has 1 unspecified atom stereocenters. The molecule has 0 spiro atoms. The van der Waals surface area contributed by atoms with Crippen LogP contribution in [0.25, 0.3) is 0 Å². The predicted octanol–water partition coefficient (Wildman–Crippen LogP) is 2.30. The lowest BCUT2D eigenvalue weighted by Gasteiger charge is -2.23. The summed E-state index contributed by atoms with van der Waals surface area (Å²) in [5, 5.41) is 5.33. The molecule has 0 heterocycles. The normalized spacial score (nSPS) is 13.4. The van der Waals surface area contributed by atoms with Crippen molar-refractivity contribution < 1.29 is 14.4 Å². The number of benzene rings is 1. The summed E-state index contributed by atoms with van der Waals surface area (Å²) < 4.78 is 0.873. The second-order valence-corrected chi connectivity index (χ2v) is 6.46. The van der Waals surface area contributed by atoms with Gasteiger partial charge in [0.15, 0.2) is 5.78 Å². The van der Waals surface area contributed by atoms with E-state index in [1.807, 2.05) is 13.8 Å². The van der Waals surface area contributed by atoms with Gasteiger partial charge in [-0.05, 0) is 44.0 Å². The molecule has 1 aromatic rings. The van der Waals surface area contributed by atoms with Gasteiger partial charge in [-0.3, -0.25) is 14.4 Å². The molecule has 0 saturated carbocycles. The number of nitrogens with one attached hydrogen (secondary N) is 2. The first-order chi connectivity index (χ1) is 10.2. The Morgan fingerprint density at radius 3 is 2.00 bits per heavy atom. The van der Waals surface area contributed by atoms with Gasteiger partial charge < -0.3 is 10.6 Å². The van der Waals surface area contributed by atoms with E-state index in [0.29, 0.717) is 5.56 Å². The first-order valence-corrected chi connectivity index (χ1v) is 7.89. The number of hydrogen-bond donors (Lipinski definition) is 2. The molecule has 0 aromatic heterocycles. The molecule has 120 valence electrons. The Bertz CT molecular complexity index is 555. The number of amides is 2. The summed E-state index contributed by atoms with van der Waals surface area (Å²) in [6.45, 7) is 6.71. The lowest BCUT2D eigenvalue weighted by molar-refractivity contribution is -0.128. The Morgan fingerprint density at radius 2 is 1.55 bits per heavy atom. The quantitative estimate of drug-likeness (QED) is 0.808. The fourth-order valence-electron chi connectivity index (χ4n) is 1.77. The molecule has 0 aliphatic heterocycles. The van der Waals surface area contributed by atoms with Crippen molar-refractivity contribution in [2.45, 2.75) is 39.8 Å². The molecule has 22 heavy (non-hydrogen) atoms. The topological polar surface area (TPSA) is 75.3 Å². The average Bonchev–Trinajstić information content (AvgIpc) is 2.44. The van der Waals surface area contributed by atoms with Crippen LogP contribution in [0.1, 0.15) is 38.1 Å². The van der Waals surface area contributed by atoms with Gasteiger partial charge in [0.1, 0.15) is 6.04 Å². The Balaban J connectivity index is 2.79. The Labute approximate surface area is 139 Å². The van der Waals surface area contributed by atoms with E-state index in [1.165, 1.54) is 6.92 Å². The minimum atomic E-state index is -0.696. The second kappa shape index (κ2) is 8.08. The maximum Gasteiger partial charge on any atom is 0.251 e. The summed E-state index contributed by atoms with van der Waals surface area (Å²) in [4.78, 5) is 35.7. The molecule has 0 radical (unpaired) electrons. The van der Waals surface area contributed by atoms with Gasteiger partial charge in [-0.1, -0.05) is 29.8 Å². The van der Waals surface area contributed by atoms with Gasteiger partial charge in [0, 0.05) is 10.0 Å². The highest BCUT2D eigenvalue weighted by Crippen LogP contribution is 2.11. The van der Waals surface area contributed by atoms with Gasteiger partial charge in [0.2, 0.25) is 5.91 Å². The van der Waals surface area contributed by atoms with Crippen LogP contribution in [0.2, 0.25) is 0 Å². The zero-order chi connectivity index (χ0) is 16.9. The summed E-state index contributed by atoms with van der Waals surface area (Å²) in [6, 6.07) is 5.60. The second-order valence-electron chi connectivity index (χ2n) is 5.54. The van der Waals surface area contributed by atoms with E-state index in [9.17, 15) is 14.4 Å². The molecule has 2 atom stereocenters. The van der Waals surface area contributed by atoms with Crippen LogP contribution < -0.4 is 10.6 Å². The van der Waals surface area contributed by atoms with Crippen LogP contribution in [0.15, 0.2) is 28.7 Å². The van der Waals surface area contributed by atoms with Gasteiger partial charge in [-0.25, -0.2) is 0 Å². The molecule has 5 nitrogen and oxygen atoms in total. The predicted molar refractivity (Wildman–Crippen MR) is 88.5 cm³/mol. The Morgan fingerprint density at radius 1 is 1.00 bits per heavy atom. The molecule has 0 bridgehead atoms. The van der Waals surface area contributed by atoms with Crippen molar-refractivity contribution in [3.63, 3.8) is 0 Å². The van der Waals surface area contributed by atoms with E-state index in [4.69, 9.17) is 0 Å². The molecular weight excluding hydrogens is 348 g/mol. The third-order valence-electron chi connectivity index (χ3n) is 3.31. The SMILES string of the molecule is CC(=O)[C@H](C)NC(=O)C(NC(=O)c1ccc(Br)cc1)C(C)C. The molecule has 1 aromatic carbocycles. The molecule has 0 saturated heterocycles. The summed E-state index contributed by atoms with van der Waals surface area (Å²) in [5.74, 6) is -0.909. The molecule has 1 rings (SSSR count). The van der Waals surface area contributed by atoms with Crippen LogP contribution in [-0.4, -0.2) is 29.7 Å². The van der Waals surface area contributed by atoms with Crippen molar-refractivity contribution in [1.82, 2.24) is 10.6 Å². The van der Waals surface area contributed by atoms with Crippen molar-refractivity contribution >= 4 is 33.5 Å². The van der Waals surface area contributed by atoms with Gasteiger partial charge in [0.05, 0.1) is 6.04 Å². The summed E-state index contributed by atoms with van der Waals surface area (Å²) in [5.41, 5.74) is 0.473. The van der Waals surface area contributed by atoms with Crippen LogP contribution in [0.5, 0.6) is 0 Å². The van der Waals surface area contributed by atoms with Crippen molar-refractivity contribution in [3.05, 3.63) is 34.3 Å². The van der Waals surface area contributed by atoms with Crippen LogP contribution in [0.4, 0.5) is 0 Å². The van der Waals surface area contributed by atoms with Gasteiger partial charge in [-0.2, -0.15) is 0 Å². The molecule has 6 heteroatoms. The lowest BCUT2D eigenvalue weighted by Crippen LogP contribution is -2.52. The summed E-state index contributed by atoms with van der Waals surface area (Å²) >= 11 is 3.30. The summed E-state index contributed by atoms with van der Waals surface area (Å²) in [6.07, 6.45) is 0. The zero-order valence-corrected chi connectivity index (χ0v) is 14.7. The van der Waals surface area contributed by atoms with E-state index >= 15 is 0 Å². The number of rotatable bonds is 6. The molecule has 2 N–H and O–H groups in total. The average molecular weight is 369 g/mol. The summed E-state index contributed by atoms with van der Waals surface area (Å²) in [7, 11) is 0. The minimum Gasteiger partial charge on any atom is -0.345 e. The van der Waals surface area contributed by atoms with Gasteiger partial charge in [-0.15, -0.1) is 0 Å². The lowest BCUT2D eigenvalue weighted by atomic mass is 10.0. The third kappa shape index (κ3) is 5.26. The molecular formula is C16H21BrN2O3. The van der Waals surface area contributed by atoms with E-state index < -0.39 is 12.1 Å². The van der Waals surface area contributed by atoms with E-state index in [1.54, 1.807) is 31.2 Å². The Hall–Kier alpha value is -1.69. The number of hydrogen-bond acceptors (Lipinski definition) is 3. The van der Waals surface area contributed by atoms with E-state index in [-0.39, 0.29) is 23.5 Å². The number of carbonyl (C=O) groups is 3. The highest BCUT2D eigenvalue weighted by atomic mass is 79.9. The maximum atomic E-state index is 12.2. The van der Waals surface area contributed by atoms with Crippen LogP contribution in [0, 0.1) is 5.92 Å². The molecule has 0 aliphatic rings. The van der Waals surface area contributed by atoms with Gasteiger partial charge >= 0.3 is 0 Å². The number of Topliss-reactive ketones (excluding diaryl/α,β-unsaturated/α-hetero) is 1.